The molecule has 144 valence electrons. The zero-order chi connectivity index (χ0) is 20.2. The summed E-state index contributed by atoms with van der Waals surface area (Å²) in [6.45, 7) is 15.1. The van der Waals surface area contributed by atoms with Gasteiger partial charge in [0.1, 0.15) is 11.4 Å². The molecule has 0 saturated carbocycles. The van der Waals surface area contributed by atoms with Crippen LogP contribution in [0.4, 0.5) is 17.1 Å². The van der Waals surface area contributed by atoms with Gasteiger partial charge in [0.25, 0.3) is 0 Å². The van der Waals surface area contributed by atoms with E-state index in [9.17, 15) is 0 Å². The van der Waals surface area contributed by atoms with Crippen molar-refractivity contribution in [2.75, 3.05) is 4.90 Å². The summed E-state index contributed by atoms with van der Waals surface area (Å²) in [4.78, 5) is 2.27. The van der Waals surface area contributed by atoms with Gasteiger partial charge in [-0.2, -0.15) is 10.2 Å². The molecule has 1 aromatic heterocycles. The van der Waals surface area contributed by atoms with Crippen LogP contribution in [-0.2, 0) is 5.41 Å². The van der Waals surface area contributed by atoms with Gasteiger partial charge in [-0.05, 0) is 67.5 Å². The molecule has 0 unspecified atom stereocenters. The molecule has 4 heteroatoms. The molecule has 0 aliphatic carbocycles. The molecule has 0 saturated heterocycles. The highest BCUT2D eigenvalue weighted by Crippen LogP contribution is 2.52. The van der Waals surface area contributed by atoms with Gasteiger partial charge < -0.3 is 9.64 Å². The van der Waals surface area contributed by atoms with Gasteiger partial charge in [0.15, 0.2) is 11.5 Å². The molecule has 28 heavy (non-hydrogen) atoms. The van der Waals surface area contributed by atoms with Crippen LogP contribution in [0.25, 0.3) is 0 Å². The minimum Gasteiger partial charge on any atom is -0.451 e. The maximum Gasteiger partial charge on any atom is 0.176 e. The summed E-state index contributed by atoms with van der Waals surface area (Å²) in [7, 11) is 0. The lowest BCUT2D eigenvalue weighted by atomic mass is 9.84. The molecule has 0 amide bonds. The molecule has 2 heterocycles. The third kappa shape index (κ3) is 2.93. The fourth-order valence-electron chi connectivity index (χ4n) is 3.86. The number of hydrogen-bond acceptors (Lipinski definition) is 4. The third-order valence-corrected chi connectivity index (χ3v) is 5.34. The molecule has 2 aromatic carbocycles. The molecule has 3 aromatic rings. The van der Waals surface area contributed by atoms with Crippen molar-refractivity contribution in [2.24, 2.45) is 0 Å². The van der Waals surface area contributed by atoms with E-state index in [0.29, 0.717) is 0 Å². The van der Waals surface area contributed by atoms with Gasteiger partial charge in [0.2, 0.25) is 0 Å². The van der Waals surface area contributed by atoms with Crippen LogP contribution in [0.3, 0.4) is 0 Å². The predicted molar refractivity (Wildman–Crippen MR) is 114 cm³/mol. The summed E-state index contributed by atoms with van der Waals surface area (Å²) < 4.78 is 6.25. The summed E-state index contributed by atoms with van der Waals surface area (Å²) in [5, 5.41) is 8.41. The van der Waals surface area contributed by atoms with Crippen LogP contribution < -0.4 is 9.64 Å². The highest BCUT2D eigenvalue weighted by atomic mass is 16.5. The van der Waals surface area contributed by atoms with Crippen molar-refractivity contribution < 1.29 is 4.74 Å². The predicted octanol–water partition coefficient (Wildman–Crippen LogP) is 6.58. The Morgan fingerprint density at radius 2 is 1.57 bits per heavy atom. The quantitative estimate of drug-likeness (QED) is 0.377. The number of anilines is 3. The van der Waals surface area contributed by atoms with Crippen LogP contribution in [-0.4, -0.2) is 10.2 Å². The fourth-order valence-corrected chi connectivity index (χ4v) is 3.86. The summed E-state index contributed by atoms with van der Waals surface area (Å²) in [6.07, 6.45) is 1.79. The van der Waals surface area contributed by atoms with Crippen LogP contribution in [0.5, 0.6) is 11.5 Å². The average molecular weight is 374 g/mol. The number of benzene rings is 2. The van der Waals surface area contributed by atoms with Gasteiger partial charge in [0, 0.05) is 0 Å². The van der Waals surface area contributed by atoms with Crippen LogP contribution in [0.1, 0.15) is 48.7 Å². The van der Waals surface area contributed by atoms with Crippen LogP contribution >= 0.6 is 0 Å². The van der Waals surface area contributed by atoms with Gasteiger partial charge >= 0.3 is 0 Å². The Balaban J connectivity index is 2.00. The second kappa shape index (κ2) is 6.33. The number of hydrogen-bond donors (Lipinski definition) is 0. The molecule has 1 aliphatic heterocycles. The number of nitrogens with zero attached hydrogens (tertiary/aromatic N) is 3. The largest absolute Gasteiger partial charge is 0.451 e. The normalized spacial score (nSPS) is 13.0. The molecular formula is C24H27N3O. The Morgan fingerprint density at radius 1 is 0.893 bits per heavy atom. The van der Waals surface area contributed by atoms with E-state index in [-0.39, 0.29) is 5.41 Å². The minimum atomic E-state index is 0.105. The standard InChI is InChI=1S/C24H27N3O/c1-14-8-9-19-21(10-14)28-23-17(4)26-25-13-20(23)27(19)22-15(2)11-18(12-16(22)3)24(5,6)7/h8-13H,1-7H3. The van der Waals surface area contributed by atoms with Crippen LogP contribution in [0.2, 0.25) is 0 Å². The number of rotatable bonds is 1. The third-order valence-electron chi connectivity index (χ3n) is 5.34. The fraction of sp³-hybridized carbons (Fsp3) is 0.333. The lowest BCUT2D eigenvalue weighted by Crippen LogP contribution is -2.20. The second-order valence-electron chi connectivity index (χ2n) is 8.76. The van der Waals surface area contributed by atoms with E-state index < -0.39 is 0 Å². The summed E-state index contributed by atoms with van der Waals surface area (Å²) in [6, 6.07) is 10.9. The SMILES string of the molecule is Cc1ccc2c(c1)Oc1c(cnnc1C)N2c1c(C)cc(C(C)(C)C)cc1C. The van der Waals surface area contributed by atoms with E-state index >= 15 is 0 Å². The Labute approximate surface area is 167 Å². The van der Waals surface area contributed by atoms with Crippen LogP contribution in [0.15, 0.2) is 36.5 Å². The molecule has 4 nitrogen and oxygen atoms in total. The average Bonchev–Trinajstić information content (AvgIpc) is 2.60. The van der Waals surface area contributed by atoms with Crippen molar-refractivity contribution in [3.63, 3.8) is 0 Å². The lowest BCUT2D eigenvalue weighted by Gasteiger charge is -2.35. The Kier molecular flexibility index (Phi) is 4.18. The van der Waals surface area contributed by atoms with Gasteiger partial charge in [-0.25, -0.2) is 0 Å². The molecular weight excluding hydrogens is 346 g/mol. The first-order chi connectivity index (χ1) is 13.2. The number of fused-ring (bicyclic) bond motifs is 2. The molecule has 0 atom stereocenters. The molecule has 4 rings (SSSR count). The summed E-state index contributed by atoms with van der Waals surface area (Å²) >= 11 is 0. The van der Waals surface area contributed by atoms with Gasteiger partial charge in [-0.15, -0.1) is 0 Å². The topological polar surface area (TPSA) is 38.3 Å². The molecule has 0 spiro atoms. The zero-order valence-corrected chi connectivity index (χ0v) is 17.7. The summed E-state index contributed by atoms with van der Waals surface area (Å²) in [5.74, 6) is 1.62. The Bertz CT molecular complexity index is 1060. The number of ether oxygens (including phenoxy) is 1. The first kappa shape index (κ1) is 18.5. The van der Waals surface area contributed by atoms with E-state index in [1.54, 1.807) is 6.20 Å². The molecule has 1 aliphatic rings. The monoisotopic (exact) mass is 373 g/mol. The van der Waals surface area contributed by atoms with Crippen molar-refractivity contribution >= 4 is 17.1 Å². The van der Waals surface area contributed by atoms with Crippen molar-refractivity contribution in [3.05, 3.63) is 64.5 Å². The van der Waals surface area contributed by atoms with E-state index in [4.69, 9.17) is 4.74 Å². The van der Waals surface area contributed by atoms with E-state index in [1.807, 2.05) is 6.92 Å². The van der Waals surface area contributed by atoms with E-state index in [1.165, 1.54) is 27.9 Å². The number of aromatic nitrogens is 2. The van der Waals surface area contributed by atoms with Crippen molar-refractivity contribution in [2.45, 2.75) is 53.9 Å². The summed E-state index contributed by atoms with van der Waals surface area (Å²) in [5.41, 5.74) is 9.00. The first-order valence-electron chi connectivity index (χ1n) is 9.69. The first-order valence-corrected chi connectivity index (χ1v) is 9.69. The minimum absolute atomic E-state index is 0.105. The smallest absolute Gasteiger partial charge is 0.176 e. The molecule has 0 radical (unpaired) electrons. The van der Waals surface area contributed by atoms with Crippen molar-refractivity contribution in [1.82, 2.24) is 10.2 Å². The van der Waals surface area contributed by atoms with Crippen molar-refractivity contribution in [1.29, 1.82) is 0 Å². The highest BCUT2D eigenvalue weighted by molar-refractivity contribution is 5.88. The highest BCUT2D eigenvalue weighted by Gasteiger charge is 2.30. The van der Waals surface area contributed by atoms with Gasteiger partial charge in [0.05, 0.1) is 17.6 Å². The molecule has 0 bridgehead atoms. The van der Waals surface area contributed by atoms with E-state index in [2.05, 4.69) is 87.0 Å². The second-order valence-corrected chi connectivity index (χ2v) is 8.76. The van der Waals surface area contributed by atoms with Gasteiger partial charge in [-0.1, -0.05) is 39.0 Å². The van der Waals surface area contributed by atoms with Crippen molar-refractivity contribution in [3.8, 4) is 11.5 Å². The maximum absolute atomic E-state index is 6.25. The molecule has 0 N–H and O–H groups in total. The van der Waals surface area contributed by atoms with Crippen LogP contribution in [0, 0.1) is 27.7 Å². The Morgan fingerprint density at radius 3 is 2.21 bits per heavy atom. The van der Waals surface area contributed by atoms with E-state index in [0.717, 1.165) is 28.6 Å². The zero-order valence-electron chi connectivity index (χ0n) is 17.7. The molecule has 0 fully saturated rings. The Hall–Kier alpha value is -2.88. The number of aryl methyl sites for hydroxylation is 4. The maximum atomic E-state index is 6.25. The van der Waals surface area contributed by atoms with Gasteiger partial charge in [-0.3, -0.25) is 0 Å². The lowest BCUT2D eigenvalue weighted by molar-refractivity contribution is 0.467.